The Morgan fingerprint density at radius 3 is 0.367 bits per heavy atom. The van der Waals surface area contributed by atoms with Crippen molar-refractivity contribution in [1.29, 1.82) is 0 Å². The molecule has 0 unspecified atom stereocenters. The van der Waals surface area contributed by atoms with Gasteiger partial charge in [0.15, 0.2) is 0 Å². The summed E-state index contributed by atoms with van der Waals surface area (Å²) < 4.78 is 81.3. The van der Waals surface area contributed by atoms with Gasteiger partial charge in [0.25, 0.3) is 0 Å². The van der Waals surface area contributed by atoms with Crippen molar-refractivity contribution in [1.82, 2.24) is 0 Å². The second-order valence-electron chi connectivity index (χ2n) is 19.9. The first-order valence-corrected chi connectivity index (χ1v) is 42.7. The van der Waals surface area contributed by atoms with Crippen LogP contribution in [0.1, 0.15) is 66.8 Å². The minimum Gasteiger partial charge on any atom is -0.493 e. The van der Waals surface area contributed by atoms with E-state index in [1.165, 1.54) is 0 Å². The van der Waals surface area contributed by atoms with Crippen molar-refractivity contribution in [3.63, 3.8) is 0 Å². The fourth-order valence-corrected chi connectivity index (χ4v) is 12.5. The van der Waals surface area contributed by atoms with Gasteiger partial charge >= 0.3 is 0 Å². The van der Waals surface area contributed by atoms with Crippen LogP contribution in [0.3, 0.4) is 0 Å². The summed E-state index contributed by atoms with van der Waals surface area (Å²) in [5.41, 5.74) is 10.7. The van der Waals surface area contributed by atoms with Gasteiger partial charge in [-0.15, -0.1) is 0 Å². The summed E-state index contributed by atoms with van der Waals surface area (Å²) in [6, 6.07) is 25.0. The first kappa shape index (κ1) is 76.1. The summed E-state index contributed by atoms with van der Waals surface area (Å²) in [5.74, 6) is 8.44. The van der Waals surface area contributed by atoms with Crippen LogP contribution in [0.4, 0.5) is 0 Å². The van der Waals surface area contributed by atoms with Crippen LogP contribution < -0.4 is 56.8 Å². The van der Waals surface area contributed by atoms with Gasteiger partial charge in [-0.2, -0.15) is 0 Å². The molecule has 0 fully saturated rings. The third-order valence-corrected chi connectivity index (χ3v) is 17.5. The molecule has 90 heavy (non-hydrogen) atoms. The molecule has 0 radical (unpaired) electrons. The molecule has 0 aromatic heterocycles. The lowest BCUT2D eigenvalue weighted by molar-refractivity contribution is 0.321. The van der Waals surface area contributed by atoms with Gasteiger partial charge in [0, 0.05) is 169 Å². The number of ether oxygens (including phenoxy) is 12. The number of hydrogen-bond donors (Lipinski definition) is 0. The average Bonchev–Trinajstić information content (AvgIpc) is 1.09. The van der Waals surface area contributed by atoms with Crippen LogP contribution >= 0.6 is 191 Å². The summed E-state index contributed by atoms with van der Waals surface area (Å²) >= 11 is 44.0. The minimum absolute atomic E-state index is 0.380. The van der Waals surface area contributed by atoms with E-state index in [-0.39, 0.29) is 0 Å². The fraction of sp³-hybridized carbons (Fsp3) is 0.455. The van der Waals surface area contributed by atoms with Crippen LogP contribution in [0.2, 0.25) is 0 Å². The molecule has 0 aliphatic heterocycles. The van der Waals surface area contributed by atoms with E-state index in [1.807, 2.05) is 0 Å². The zero-order chi connectivity index (χ0) is 64.0. The third-order valence-electron chi connectivity index (χ3n) is 13.6. The largest absolute Gasteiger partial charge is 0.493 e. The summed E-state index contributed by atoms with van der Waals surface area (Å²) in [6.45, 7) is 4.92. The first-order chi connectivity index (χ1) is 44.1. The number of alkyl halides is 12. The van der Waals surface area contributed by atoms with Crippen LogP contribution in [-0.2, 0) is 38.5 Å². The molecule has 0 saturated heterocycles. The topological polar surface area (TPSA) is 111 Å². The van der Waals surface area contributed by atoms with Crippen LogP contribution in [0, 0.1) is 0 Å². The van der Waals surface area contributed by atoms with E-state index in [4.69, 9.17) is 56.8 Å². The highest BCUT2D eigenvalue weighted by atomic mass is 79.9. The molecule has 0 spiro atoms. The molecule has 6 aromatic carbocycles. The van der Waals surface area contributed by atoms with Crippen molar-refractivity contribution in [2.75, 3.05) is 143 Å². The lowest BCUT2D eigenvalue weighted by Crippen LogP contribution is -2.12. The molecule has 0 amide bonds. The predicted octanol–water partition coefficient (Wildman–Crippen LogP) is 18.8. The molecule has 0 N–H and O–H groups in total. The highest BCUT2D eigenvalue weighted by molar-refractivity contribution is 9.10. The SMILES string of the molecule is BrCCOc1cc2c(OCCBr)c(c1)Cc1cc(OCCBr)cc(c1OCCBr)Cc1cc(OCCBr)cc(c1OCCBr)Cc1cc(OCCBr)cc(c1OCCBr)Cc1cc(OCCBr)cc(c1OCCBr)Cc1cc(OCCBr)cc(c1OCCBr)C2. The van der Waals surface area contributed by atoms with Gasteiger partial charge in [-0.3, -0.25) is 0 Å². The van der Waals surface area contributed by atoms with Crippen molar-refractivity contribution in [2.45, 2.75) is 38.5 Å². The molecule has 0 saturated carbocycles. The number of benzene rings is 6. The second kappa shape index (κ2) is 42.4. The summed E-state index contributed by atoms with van der Waals surface area (Å²) in [7, 11) is 0. The Morgan fingerprint density at radius 2 is 0.267 bits per heavy atom. The van der Waals surface area contributed by atoms with E-state index < -0.39 is 0 Å². The van der Waals surface area contributed by atoms with Gasteiger partial charge in [-0.1, -0.05) is 191 Å². The summed E-state index contributed by atoms with van der Waals surface area (Å²) in [6.07, 6.45) is 2.28. The zero-order valence-corrected chi connectivity index (χ0v) is 68.6. The van der Waals surface area contributed by atoms with Crippen molar-refractivity contribution in [3.05, 3.63) is 140 Å². The van der Waals surface area contributed by atoms with E-state index in [9.17, 15) is 0 Å². The summed E-state index contributed by atoms with van der Waals surface area (Å²) in [5, 5.41) is 7.32. The number of fused-ring (bicyclic) bond motifs is 12. The number of hydrogen-bond acceptors (Lipinski definition) is 12. The maximum atomic E-state index is 6.96. The molecule has 492 valence electrons. The fourth-order valence-electron chi connectivity index (χ4n) is 10.5. The van der Waals surface area contributed by atoms with Gasteiger partial charge in [0.1, 0.15) is 69.0 Å². The highest BCUT2D eigenvalue weighted by Gasteiger charge is 2.27. The Labute approximate surface area is 630 Å². The first-order valence-electron chi connectivity index (χ1n) is 29.3. The maximum absolute atomic E-state index is 6.96. The third kappa shape index (κ3) is 22.9. The molecule has 0 heterocycles. The highest BCUT2D eigenvalue weighted by Crippen LogP contribution is 2.45. The molecule has 12 bridgehead atoms. The molecule has 12 nitrogen and oxygen atoms in total. The van der Waals surface area contributed by atoms with E-state index in [0.717, 1.165) is 101 Å². The van der Waals surface area contributed by atoms with Crippen molar-refractivity contribution >= 4 is 191 Å². The molecule has 1 aliphatic rings. The van der Waals surface area contributed by atoms with Crippen LogP contribution in [0.25, 0.3) is 0 Å². The standard InChI is InChI=1S/C66H72Br12O12/c67-1-13-79-55-31-43-25-45-33-56(80-14-2-68)35-47(62(45)86-20-8-74)27-49-37-58(82-16-4-70)39-51(64(49)88-22-10-76)29-53-41-60(84-18-6-72)42-54(66(53)90-24-12-78)30-52-40-59(83-17-5-71)38-50(65(52)89-23-11-77)28-48-36-57(81-15-3-69)34-46(63(48)87-21-9-75)26-44(32-55)61(43)85-19-7-73/h31-42H,1-30H2. The minimum atomic E-state index is 0.380. The van der Waals surface area contributed by atoms with E-state index in [0.29, 0.717) is 216 Å². The van der Waals surface area contributed by atoms with Gasteiger partial charge in [-0.25, -0.2) is 0 Å². The maximum Gasteiger partial charge on any atom is 0.126 e. The van der Waals surface area contributed by atoms with E-state index in [2.05, 4.69) is 264 Å². The molecular weight excluding hydrogens is 1940 g/mol. The normalized spacial score (nSPS) is 12.1. The van der Waals surface area contributed by atoms with Crippen LogP contribution in [-0.4, -0.2) is 143 Å². The number of rotatable bonds is 36. The van der Waals surface area contributed by atoms with Crippen LogP contribution in [0.5, 0.6) is 69.0 Å². The van der Waals surface area contributed by atoms with Gasteiger partial charge < -0.3 is 56.8 Å². The van der Waals surface area contributed by atoms with E-state index in [1.54, 1.807) is 0 Å². The predicted molar refractivity (Wildman–Crippen MR) is 407 cm³/mol. The Balaban J connectivity index is 1.67. The molecule has 0 atom stereocenters. The lowest BCUT2D eigenvalue weighted by Gasteiger charge is -2.24. The zero-order valence-electron chi connectivity index (χ0n) is 49.6. The van der Waals surface area contributed by atoms with Crippen molar-refractivity contribution < 1.29 is 56.8 Å². The monoisotopic (exact) mass is 2000 g/mol. The lowest BCUT2D eigenvalue weighted by atomic mass is 9.90. The average molecular weight is 2020 g/mol. The van der Waals surface area contributed by atoms with Crippen molar-refractivity contribution in [3.8, 4) is 69.0 Å². The van der Waals surface area contributed by atoms with Gasteiger partial charge in [0.2, 0.25) is 0 Å². The van der Waals surface area contributed by atoms with Gasteiger partial charge in [0.05, 0.1) is 79.3 Å². The Kier molecular flexibility index (Phi) is 35.8. The van der Waals surface area contributed by atoms with E-state index >= 15 is 0 Å². The Bertz CT molecular complexity index is 2520. The molecular formula is C66H72Br12O12. The Hall–Kier alpha value is -1.32. The Morgan fingerprint density at radius 1 is 0.167 bits per heavy atom. The molecule has 7 rings (SSSR count). The molecule has 6 aromatic rings. The molecule has 24 heteroatoms. The quantitative estimate of drug-likeness (QED) is 0.0349. The second-order valence-corrected chi connectivity index (χ2v) is 29.4. The molecule has 1 aliphatic carbocycles. The van der Waals surface area contributed by atoms with Crippen molar-refractivity contribution in [2.24, 2.45) is 0 Å². The van der Waals surface area contributed by atoms with Gasteiger partial charge in [-0.05, 0) is 72.8 Å². The number of halogens is 12. The smallest absolute Gasteiger partial charge is 0.126 e. The summed E-state index contributed by atoms with van der Waals surface area (Å²) in [4.78, 5) is 0. The van der Waals surface area contributed by atoms with Crippen LogP contribution in [0.15, 0.2) is 72.8 Å².